The Morgan fingerprint density at radius 2 is 2.06 bits per heavy atom. The number of nitrogens with zero attached hydrogens (tertiary/aromatic N) is 3. The van der Waals surface area contributed by atoms with Crippen LogP contribution in [0, 0.1) is 13.8 Å². The molecule has 0 saturated carbocycles. The van der Waals surface area contributed by atoms with Gasteiger partial charge in [0.15, 0.2) is 0 Å². The lowest BCUT2D eigenvalue weighted by molar-refractivity contribution is 0.110. The summed E-state index contributed by atoms with van der Waals surface area (Å²) < 4.78 is 30.5. The van der Waals surface area contributed by atoms with E-state index in [4.69, 9.17) is 4.74 Å². The average molecular weight is 261 g/mol. The predicted molar refractivity (Wildman–Crippen MR) is 63.4 cm³/mol. The summed E-state index contributed by atoms with van der Waals surface area (Å²) in [5.41, 5.74) is 1.81. The Morgan fingerprint density at radius 3 is 2.65 bits per heavy atom. The van der Waals surface area contributed by atoms with E-state index in [1.54, 1.807) is 0 Å². The molecule has 0 spiro atoms. The second-order valence-electron chi connectivity index (χ2n) is 4.01. The van der Waals surface area contributed by atoms with Gasteiger partial charge in [0.05, 0.1) is 37.7 Å². The Kier molecular flexibility index (Phi) is 3.78. The number of aryl methyl sites for hydroxylation is 1. The van der Waals surface area contributed by atoms with Crippen LogP contribution in [0.3, 0.4) is 0 Å². The van der Waals surface area contributed by atoms with Crippen LogP contribution in [-0.2, 0) is 21.7 Å². The molecular formula is C10H16FN3O2S. The summed E-state index contributed by atoms with van der Waals surface area (Å²) >= 11 is -2.37. The zero-order valence-electron chi connectivity index (χ0n) is 9.98. The minimum atomic E-state index is -2.37. The van der Waals surface area contributed by atoms with E-state index in [9.17, 15) is 8.09 Å². The van der Waals surface area contributed by atoms with Crippen molar-refractivity contribution < 1.29 is 12.8 Å². The van der Waals surface area contributed by atoms with Crippen molar-refractivity contribution in [3.63, 3.8) is 0 Å². The van der Waals surface area contributed by atoms with Gasteiger partial charge in [-0.2, -0.15) is 0 Å². The van der Waals surface area contributed by atoms with Crippen LogP contribution in [0.15, 0.2) is 0 Å². The summed E-state index contributed by atoms with van der Waals surface area (Å²) in [5.74, 6) is 0.356. The molecule has 1 aromatic heterocycles. The number of morpholine rings is 1. The SMILES string of the molecule is Cc1nc(CS(=O)F)n(N2CCOCC2)c1C. The summed E-state index contributed by atoms with van der Waals surface area (Å²) in [7, 11) is 0. The molecule has 0 N–H and O–H groups in total. The second kappa shape index (κ2) is 5.14. The van der Waals surface area contributed by atoms with Crippen LogP contribution >= 0.6 is 0 Å². The van der Waals surface area contributed by atoms with Gasteiger partial charge in [-0.05, 0) is 13.8 Å². The molecule has 96 valence electrons. The van der Waals surface area contributed by atoms with Gasteiger partial charge in [-0.25, -0.2) is 13.9 Å². The smallest absolute Gasteiger partial charge is 0.206 e. The normalized spacial score (nSPS) is 18.4. The number of imidazole rings is 1. The van der Waals surface area contributed by atoms with E-state index in [1.165, 1.54) is 0 Å². The molecule has 17 heavy (non-hydrogen) atoms. The predicted octanol–water partition coefficient (Wildman–Crippen LogP) is 0.601. The third-order valence-corrected chi connectivity index (χ3v) is 3.38. The summed E-state index contributed by atoms with van der Waals surface area (Å²) in [4.78, 5) is 4.27. The number of aromatic nitrogens is 2. The lowest BCUT2D eigenvalue weighted by Crippen LogP contribution is -2.45. The van der Waals surface area contributed by atoms with Crippen LogP contribution in [0.5, 0.6) is 0 Å². The lowest BCUT2D eigenvalue weighted by Gasteiger charge is -2.31. The third-order valence-electron chi connectivity index (χ3n) is 2.90. The summed E-state index contributed by atoms with van der Waals surface area (Å²) in [5, 5.41) is 2.06. The van der Waals surface area contributed by atoms with Crippen molar-refractivity contribution in [1.82, 2.24) is 9.66 Å². The number of hydrogen-bond donors (Lipinski definition) is 0. The van der Waals surface area contributed by atoms with Crippen LogP contribution in [0.1, 0.15) is 17.2 Å². The average Bonchev–Trinajstić information content (AvgIpc) is 2.55. The lowest BCUT2D eigenvalue weighted by atomic mass is 10.4. The van der Waals surface area contributed by atoms with E-state index < -0.39 is 11.2 Å². The van der Waals surface area contributed by atoms with Crippen LogP contribution in [0.4, 0.5) is 3.89 Å². The Labute approximate surface area is 102 Å². The molecule has 0 bridgehead atoms. The second-order valence-corrected chi connectivity index (χ2v) is 4.88. The van der Waals surface area contributed by atoms with Crippen molar-refractivity contribution in [2.24, 2.45) is 0 Å². The van der Waals surface area contributed by atoms with Crippen LogP contribution in [0.2, 0.25) is 0 Å². The molecule has 1 unspecified atom stereocenters. The fourth-order valence-corrected chi connectivity index (χ4v) is 2.38. The van der Waals surface area contributed by atoms with Crippen LogP contribution in [0.25, 0.3) is 0 Å². The molecule has 0 aliphatic carbocycles. The van der Waals surface area contributed by atoms with Gasteiger partial charge in [-0.1, -0.05) is 0 Å². The van der Waals surface area contributed by atoms with Crippen molar-refractivity contribution in [2.45, 2.75) is 19.6 Å². The van der Waals surface area contributed by atoms with Crippen molar-refractivity contribution in [2.75, 3.05) is 31.3 Å². The summed E-state index contributed by atoms with van der Waals surface area (Å²) in [6.45, 7) is 6.58. The molecule has 1 aliphatic rings. The van der Waals surface area contributed by atoms with Crippen LogP contribution < -0.4 is 5.01 Å². The molecular weight excluding hydrogens is 245 g/mol. The fourth-order valence-electron chi connectivity index (χ4n) is 1.99. The number of halogens is 1. The highest BCUT2D eigenvalue weighted by Crippen LogP contribution is 2.14. The minimum Gasteiger partial charge on any atom is -0.378 e. The van der Waals surface area contributed by atoms with Gasteiger partial charge in [0.1, 0.15) is 11.6 Å². The quantitative estimate of drug-likeness (QED) is 0.748. The minimum absolute atomic E-state index is 0.161. The molecule has 1 atom stereocenters. The zero-order valence-corrected chi connectivity index (χ0v) is 10.8. The first-order chi connectivity index (χ1) is 8.09. The molecule has 0 aromatic carbocycles. The van der Waals surface area contributed by atoms with Crippen molar-refractivity contribution in [1.29, 1.82) is 0 Å². The molecule has 7 heteroatoms. The molecule has 5 nitrogen and oxygen atoms in total. The van der Waals surface area contributed by atoms with Crippen LogP contribution in [-0.4, -0.2) is 40.2 Å². The number of ether oxygens (including phenoxy) is 1. The Morgan fingerprint density at radius 1 is 1.41 bits per heavy atom. The highest BCUT2D eigenvalue weighted by atomic mass is 32.2. The third kappa shape index (κ3) is 2.66. The van der Waals surface area contributed by atoms with Crippen molar-refractivity contribution in [3.8, 4) is 0 Å². The molecule has 1 aliphatic heterocycles. The number of hydrogen-bond acceptors (Lipinski definition) is 4. The van der Waals surface area contributed by atoms with E-state index in [0.29, 0.717) is 19.0 Å². The first-order valence-electron chi connectivity index (χ1n) is 5.52. The topological polar surface area (TPSA) is 47.4 Å². The highest BCUT2D eigenvalue weighted by molar-refractivity contribution is 7.78. The molecule has 1 aromatic rings. The summed E-state index contributed by atoms with van der Waals surface area (Å²) in [6.07, 6.45) is 0. The number of rotatable bonds is 3. The van der Waals surface area contributed by atoms with Gasteiger partial charge in [0, 0.05) is 0 Å². The highest BCUT2D eigenvalue weighted by Gasteiger charge is 2.20. The fraction of sp³-hybridized carbons (Fsp3) is 0.700. The van der Waals surface area contributed by atoms with Gasteiger partial charge in [0.25, 0.3) is 0 Å². The maximum Gasteiger partial charge on any atom is 0.206 e. The largest absolute Gasteiger partial charge is 0.378 e. The maximum absolute atomic E-state index is 12.7. The van der Waals surface area contributed by atoms with Crippen molar-refractivity contribution >= 4 is 11.2 Å². The Hall–Kier alpha value is -0.950. The van der Waals surface area contributed by atoms with E-state index in [-0.39, 0.29) is 5.75 Å². The van der Waals surface area contributed by atoms with Crippen molar-refractivity contribution in [3.05, 3.63) is 17.2 Å². The molecule has 1 saturated heterocycles. The van der Waals surface area contributed by atoms with E-state index >= 15 is 0 Å². The van der Waals surface area contributed by atoms with E-state index in [2.05, 4.69) is 9.99 Å². The van der Waals surface area contributed by atoms with Gasteiger partial charge in [-0.15, -0.1) is 3.89 Å². The molecule has 1 fully saturated rings. The molecule has 2 heterocycles. The zero-order chi connectivity index (χ0) is 12.4. The van der Waals surface area contributed by atoms with Gasteiger partial charge in [-0.3, -0.25) is 0 Å². The van der Waals surface area contributed by atoms with Gasteiger partial charge >= 0.3 is 0 Å². The van der Waals surface area contributed by atoms with Gasteiger partial charge < -0.3 is 9.75 Å². The van der Waals surface area contributed by atoms with Gasteiger partial charge in [0.2, 0.25) is 11.2 Å². The Balaban J connectivity index is 2.32. The summed E-state index contributed by atoms with van der Waals surface area (Å²) in [6, 6.07) is 0. The molecule has 0 radical (unpaired) electrons. The maximum atomic E-state index is 12.7. The standard InChI is InChI=1S/C10H16FN3O2S/c1-8-9(2)14(10(12-8)7-17(11)15)13-3-5-16-6-4-13/h3-7H2,1-2H3. The van der Waals surface area contributed by atoms with E-state index in [0.717, 1.165) is 24.5 Å². The Bertz CT molecular complexity index is 429. The van der Waals surface area contributed by atoms with E-state index in [1.807, 2.05) is 18.5 Å². The monoisotopic (exact) mass is 261 g/mol. The molecule has 0 amide bonds. The first-order valence-corrected chi connectivity index (χ1v) is 6.74. The molecule has 2 rings (SSSR count). The first kappa shape index (κ1) is 12.5.